The third-order valence-electron chi connectivity index (χ3n) is 2.26. The number of aliphatic carboxylic acids is 1. The second kappa shape index (κ2) is 8.17. The molecule has 0 radical (unpaired) electrons. The topological polar surface area (TPSA) is 61.1 Å². The standard InChI is InChI=1S/C15H15NO2S/c1-2-10-19-14-8-6-12(7-9-14)4-3-5-13(11-16)15(17)18/h3-9H,2,10H2,1H3,(H,17,18)/b4-3+,13-5+. The van der Waals surface area contributed by atoms with E-state index in [9.17, 15) is 4.79 Å². The normalized spacial score (nSPS) is 11.5. The van der Waals surface area contributed by atoms with Crippen LogP contribution in [0.3, 0.4) is 0 Å². The highest BCUT2D eigenvalue weighted by Gasteiger charge is 2.02. The van der Waals surface area contributed by atoms with Gasteiger partial charge >= 0.3 is 5.97 Å². The lowest BCUT2D eigenvalue weighted by Gasteiger charge is -1.99. The van der Waals surface area contributed by atoms with Crippen molar-refractivity contribution in [3.8, 4) is 6.07 Å². The molecule has 0 aliphatic rings. The second-order valence-electron chi connectivity index (χ2n) is 3.77. The molecule has 0 aliphatic heterocycles. The summed E-state index contributed by atoms with van der Waals surface area (Å²) in [5.74, 6) is -0.110. The lowest BCUT2D eigenvalue weighted by molar-refractivity contribution is -0.132. The molecule has 4 heteroatoms. The van der Waals surface area contributed by atoms with E-state index in [0.717, 1.165) is 17.7 Å². The summed E-state index contributed by atoms with van der Waals surface area (Å²) in [6.45, 7) is 2.14. The lowest BCUT2D eigenvalue weighted by Crippen LogP contribution is -1.96. The van der Waals surface area contributed by atoms with Crippen LogP contribution in [0.15, 0.2) is 46.9 Å². The van der Waals surface area contributed by atoms with Gasteiger partial charge in [0, 0.05) is 4.90 Å². The zero-order chi connectivity index (χ0) is 14.1. The molecule has 0 unspecified atom stereocenters. The minimum atomic E-state index is -1.21. The van der Waals surface area contributed by atoms with Crippen LogP contribution >= 0.6 is 11.8 Å². The summed E-state index contributed by atoms with van der Waals surface area (Å²) >= 11 is 1.81. The van der Waals surface area contributed by atoms with Crippen molar-refractivity contribution in [1.82, 2.24) is 0 Å². The molecule has 0 saturated heterocycles. The molecular formula is C15H15NO2S. The van der Waals surface area contributed by atoms with Crippen LogP contribution in [-0.2, 0) is 4.79 Å². The number of benzene rings is 1. The van der Waals surface area contributed by atoms with Gasteiger partial charge in [0.2, 0.25) is 0 Å². The Balaban J connectivity index is 2.68. The Hall–Kier alpha value is -1.99. The van der Waals surface area contributed by atoms with Crippen LogP contribution in [0.25, 0.3) is 6.08 Å². The molecule has 0 fully saturated rings. The number of allylic oxidation sites excluding steroid dienone is 2. The summed E-state index contributed by atoms with van der Waals surface area (Å²) < 4.78 is 0. The van der Waals surface area contributed by atoms with E-state index >= 15 is 0 Å². The maximum atomic E-state index is 10.6. The molecule has 1 aromatic carbocycles. The van der Waals surface area contributed by atoms with E-state index in [1.807, 2.05) is 36.0 Å². The van der Waals surface area contributed by atoms with E-state index in [4.69, 9.17) is 10.4 Å². The fraction of sp³-hybridized carbons (Fsp3) is 0.200. The molecule has 0 saturated carbocycles. The minimum absolute atomic E-state index is 0.272. The van der Waals surface area contributed by atoms with E-state index in [1.54, 1.807) is 18.2 Å². The quantitative estimate of drug-likeness (QED) is 0.371. The molecule has 1 aromatic rings. The van der Waals surface area contributed by atoms with Gasteiger partial charge in [-0.25, -0.2) is 4.79 Å². The number of hydrogen-bond donors (Lipinski definition) is 1. The Kier molecular flexibility index (Phi) is 6.48. The number of hydrogen-bond acceptors (Lipinski definition) is 3. The molecule has 98 valence electrons. The van der Waals surface area contributed by atoms with Gasteiger partial charge in [-0.05, 0) is 35.9 Å². The van der Waals surface area contributed by atoms with Crippen LogP contribution in [-0.4, -0.2) is 16.8 Å². The summed E-state index contributed by atoms with van der Waals surface area (Å²) in [6, 6.07) is 9.63. The Morgan fingerprint density at radius 2 is 2.11 bits per heavy atom. The van der Waals surface area contributed by atoms with Crippen LogP contribution in [0.5, 0.6) is 0 Å². The van der Waals surface area contributed by atoms with Crippen molar-refractivity contribution >= 4 is 23.8 Å². The van der Waals surface area contributed by atoms with Gasteiger partial charge in [-0.15, -0.1) is 11.8 Å². The third-order valence-corrected chi connectivity index (χ3v) is 3.47. The molecule has 0 aromatic heterocycles. The number of thioether (sulfide) groups is 1. The Labute approximate surface area is 117 Å². The Bertz CT molecular complexity index is 524. The van der Waals surface area contributed by atoms with E-state index in [1.165, 1.54) is 11.0 Å². The van der Waals surface area contributed by atoms with Crippen molar-refractivity contribution in [3.05, 3.63) is 47.6 Å². The highest BCUT2D eigenvalue weighted by atomic mass is 32.2. The molecule has 19 heavy (non-hydrogen) atoms. The van der Waals surface area contributed by atoms with Crippen LogP contribution in [0.4, 0.5) is 0 Å². The fourth-order valence-electron chi connectivity index (χ4n) is 1.31. The molecule has 0 bridgehead atoms. The van der Waals surface area contributed by atoms with Crippen molar-refractivity contribution < 1.29 is 9.90 Å². The Morgan fingerprint density at radius 1 is 1.42 bits per heavy atom. The summed E-state index contributed by atoms with van der Waals surface area (Å²) in [5, 5.41) is 17.2. The molecule has 0 heterocycles. The van der Waals surface area contributed by atoms with Gasteiger partial charge < -0.3 is 5.11 Å². The highest BCUT2D eigenvalue weighted by molar-refractivity contribution is 7.99. The molecule has 0 amide bonds. The third kappa shape index (κ3) is 5.45. The van der Waals surface area contributed by atoms with E-state index < -0.39 is 5.97 Å². The predicted molar refractivity (Wildman–Crippen MR) is 77.8 cm³/mol. The minimum Gasteiger partial charge on any atom is -0.477 e. The lowest BCUT2D eigenvalue weighted by atomic mass is 10.2. The number of nitriles is 1. The number of carboxylic acid groups (broad SMARTS) is 1. The molecular weight excluding hydrogens is 258 g/mol. The zero-order valence-corrected chi connectivity index (χ0v) is 11.5. The van der Waals surface area contributed by atoms with Crippen LogP contribution in [0, 0.1) is 11.3 Å². The predicted octanol–water partition coefficient (Wildman–Crippen LogP) is 3.74. The molecule has 1 rings (SSSR count). The number of rotatable bonds is 6. The van der Waals surface area contributed by atoms with Gasteiger partial charge in [0.05, 0.1) is 0 Å². The first kappa shape index (κ1) is 15.1. The second-order valence-corrected chi connectivity index (χ2v) is 4.94. The van der Waals surface area contributed by atoms with Gasteiger partial charge in [-0.2, -0.15) is 5.26 Å². The summed E-state index contributed by atoms with van der Waals surface area (Å²) in [6.07, 6.45) is 5.78. The first-order valence-corrected chi connectivity index (χ1v) is 6.90. The summed E-state index contributed by atoms with van der Waals surface area (Å²) in [5.41, 5.74) is 0.700. The number of nitrogens with zero attached hydrogens (tertiary/aromatic N) is 1. The number of carbonyl (C=O) groups is 1. The first-order chi connectivity index (χ1) is 9.17. The van der Waals surface area contributed by atoms with Gasteiger partial charge in [-0.1, -0.05) is 31.2 Å². The van der Waals surface area contributed by atoms with Crippen molar-refractivity contribution in [2.24, 2.45) is 0 Å². The summed E-state index contributed by atoms with van der Waals surface area (Å²) in [7, 11) is 0. The van der Waals surface area contributed by atoms with Gasteiger partial charge in [0.1, 0.15) is 11.6 Å². The van der Waals surface area contributed by atoms with Crippen molar-refractivity contribution in [2.75, 3.05) is 5.75 Å². The maximum Gasteiger partial charge on any atom is 0.346 e. The zero-order valence-electron chi connectivity index (χ0n) is 10.7. The largest absolute Gasteiger partial charge is 0.477 e. The van der Waals surface area contributed by atoms with Gasteiger partial charge in [-0.3, -0.25) is 0 Å². The first-order valence-electron chi connectivity index (χ1n) is 5.92. The van der Waals surface area contributed by atoms with Gasteiger partial charge in [0.15, 0.2) is 0 Å². The van der Waals surface area contributed by atoms with E-state index in [-0.39, 0.29) is 5.57 Å². The van der Waals surface area contributed by atoms with Crippen molar-refractivity contribution in [3.63, 3.8) is 0 Å². The van der Waals surface area contributed by atoms with Crippen LogP contribution in [0.1, 0.15) is 18.9 Å². The Morgan fingerprint density at radius 3 is 2.63 bits per heavy atom. The smallest absolute Gasteiger partial charge is 0.346 e. The molecule has 3 nitrogen and oxygen atoms in total. The number of carboxylic acids is 1. The maximum absolute atomic E-state index is 10.6. The average Bonchev–Trinajstić information content (AvgIpc) is 2.42. The SMILES string of the molecule is CCCSc1ccc(/C=C/C=C(\C#N)C(=O)O)cc1. The molecule has 0 atom stereocenters. The van der Waals surface area contributed by atoms with E-state index in [2.05, 4.69) is 6.92 Å². The van der Waals surface area contributed by atoms with Crippen LogP contribution < -0.4 is 0 Å². The van der Waals surface area contributed by atoms with Crippen molar-refractivity contribution in [2.45, 2.75) is 18.2 Å². The van der Waals surface area contributed by atoms with Gasteiger partial charge in [0.25, 0.3) is 0 Å². The monoisotopic (exact) mass is 273 g/mol. The average molecular weight is 273 g/mol. The summed E-state index contributed by atoms with van der Waals surface area (Å²) in [4.78, 5) is 11.8. The van der Waals surface area contributed by atoms with Crippen molar-refractivity contribution in [1.29, 1.82) is 5.26 Å². The highest BCUT2D eigenvalue weighted by Crippen LogP contribution is 2.19. The fourth-order valence-corrected chi connectivity index (χ4v) is 2.08. The molecule has 1 N–H and O–H groups in total. The van der Waals surface area contributed by atoms with Crippen LogP contribution in [0.2, 0.25) is 0 Å². The van der Waals surface area contributed by atoms with E-state index in [0.29, 0.717) is 0 Å². The molecule has 0 spiro atoms. The molecule has 0 aliphatic carbocycles.